The van der Waals surface area contributed by atoms with Crippen molar-refractivity contribution in [1.82, 2.24) is 10.1 Å². The summed E-state index contributed by atoms with van der Waals surface area (Å²) in [5.41, 5.74) is 2.19. The molecule has 3 aromatic rings. The minimum atomic E-state index is -4.44. The van der Waals surface area contributed by atoms with E-state index in [0.717, 1.165) is 28.9 Å². The van der Waals surface area contributed by atoms with Crippen LogP contribution in [-0.4, -0.2) is 21.8 Å². The molecule has 2 aromatic carbocycles. The largest absolute Gasteiger partial charge is 0.416 e. The van der Waals surface area contributed by atoms with Crippen LogP contribution in [-0.2, 0) is 16.7 Å². The summed E-state index contributed by atoms with van der Waals surface area (Å²) < 4.78 is 43.6. The number of nitrogens with one attached hydrogen (secondary N) is 1. The third kappa shape index (κ3) is 5.38. The highest BCUT2D eigenvalue weighted by Crippen LogP contribution is 2.31. The van der Waals surface area contributed by atoms with Crippen LogP contribution in [0.25, 0.3) is 11.4 Å². The molecule has 0 saturated heterocycles. The molecule has 0 bridgehead atoms. The smallest absolute Gasteiger partial charge is 0.338 e. The van der Waals surface area contributed by atoms with Crippen molar-refractivity contribution < 1.29 is 22.5 Å². The Labute approximate surface area is 169 Å². The average molecular weight is 421 g/mol. The van der Waals surface area contributed by atoms with Crippen molar-refractivity contribution in [3.63, 3.8) is 0 Å². The number of alkyl halides is 3. The number of aromatic nitrogens is 2. The molecule has 152 valence electrons. The van der Waals surface area contributed by atoms with E-state index in [1.807, 2.05) is 32.0 Å². The fraction of sp³-hybridized carbons (Fsp3) is 0.250. The van der Waals surface area contributed by atoms with Crippen LogP contribution in [0, 0.1) is 13.8 Å². The lowest BCUT2D eigenvalue weighted by atomic mass is 10.1. The van der Waals surface area contributed by atoms with Gasteiger partial charge in [0, 0.05) is 11.3 Å². The van der Waals surface area contributed by atoms with E-state index < -0.39 is 11.7 Å². The number of hydrogen-bond acceptors (Lipinski definition) is 5. The highest BCUT2D eigenvalue weighted by atomic mass is 32.2. The van der Waals surface area contributed by atoms with Gasteiger partial charge in [-0.3, -0.25) is 4.79 Å². The van der Waals surface area contributed by atoms with E-state index in [2.05, 4.69) is 15.5 Å². The molecule has 0 aliphatic rings. The summed E-state index contributed by atoms with van der Waals surface area (Å²) in [6, 6.07) is 10.5. The van der Waals surface area contributed by atoms with Crippen LogP contribution in [0.1, 0.15) is 22.6 Å². The standard InChI is InChI=1S/C20H18F3N3O2S/c1-12-5-3-6-13(2)18(12)24-16(27)10-29-11-17-25-19(26-28-17)14-7-4-8-15(9-14)20(21,22)23/h3-9H,10-11H2,1-2H3,(H,24,27). The summed E-state index contributed by atoms with van der Waals surface area (Å²) in [7, 11) is 0. The first-order valence-corrected chi connectivity index (χ1v) is 9.83. The van der Waals surface area contributed by atoms with E-state index in [1.54, 1.807) is 0 Å². The molecule has 0 saturated carbocycles. The highest BCUT2D eigenvalue weighted by molar-refractivity contribution is 7.99. The van der Waals surface area contributed by atoms with E-state index in [0.29, 0.717) is 0 Å². The Balaban J connectivity index is 1.57. The van der Waals surface area contributed by atoms with Gasteiger partial charge in [-0.05, 0) is 37.1 Å². The number of benzene rings is 2. The number of hydrogen-bond donors (Lipinski definition) is 1. The summed E-state index contributed by atoms with van der Waals surface area (Å²) in [6.07, 6.45) is -4.44. The molecule has 0 aliphatic carbocycles. The van der Waals surface area contributed by atoms with Crippen molar-refractivity contribution in [2.75, 3.05) is 11.1 Å². The summed E-state index contributed by atoms with van der Waals surface area (Å²) in [6.45, 7) is 3.84. The van der Waals surface area contributed by atoms with Gasteiger partial charge < -0.3 is 9.84 Å². The topological polar surface area (TPSA) is 68.0 Å². The second kappa shape index (κ2) is 8.69. The monoisotopic (exact) mass is 421 g/mol. The lowest BCUT2D eigenvalue weighted by Crippen LogP contribution is -2.15. The van der Waals surface area contributed by atoms with Gasteiger partial charge in [-0.1, -0.05) is 35.5 Å². The molecule has 0 fully saturated rings. The van der Waals surface area contributed by atoms with Crippen molar-refractivity contribution >= 4 is 23.4 Å². The number of anilines is 1. The summed E-state index contributed by atoms with van der Waals surface area (Å²) in [5.74, 6) is 0.597. The third-order valence-corrected chi connectivity index (χ3v) is 5.04. The van der Waals surface area contributed by atoms with Gasteiger partial charge in [-0.15, -0.1) is 11.8 Å². The van der Waals surface area contributed by atoms with Crippen LogP contribution in [0.4, 0.5) is 18.9 Å². The fourth-order valence-corrected chi connectivity index (χ4v) is 3.34. The molecule has 0 unspecified atom stereocenters. The average Bonchev–Trinajstić information content (AvgIpc) is 3.13. The summed E-state index contributed by atoms with van der Waals surface area (Å²) in [5, 5.41) is 6.61. The van der Waals surface area contributed by atoms with E-state index >= 15 is 0 Å². The first kappa shape index (κ1) is 20.9. The number of aryl methyl sites for hydroxylation is 2. The number of amides is 1. The van der Waals surface area contributed by atoms with Crippen LogP contribution in [0.5, 0.6) is 0 Å². The molecular formula is C20H18F3N3O2S. The van der Waals surface area contributed by atoms with Crippen LogP contribution in [0.15, 0.2) is 47.0 Å². The predicted molar refractivity (Wildman–Crippen MR) is 105 cm³/mol. The van der Waals surface area contributed by atoms with Gasteiger partial charge in [-0.25, -0.2) is 0 Å². The van der Waals surface area contributed by atoms with Crippen molar-refractivity contribution in [2.45, 2.75) is 25.8 Å². The molecule has 29 heavy (non-hydrogen) atoms. The van der Waals surface area contributed by atoms with Crippen molar-refractivity contribution in [1.29, 1.82) is 0 Å². The maximum Gasteiger partial charge on any atom is 0.416 e. The van der Waals surface area contributed by atoms with E-state index in [1.165, 1.54) is 23.9 Å². The molecule has 1 amide bonds. The van der Waals surface area contributed by atoms with E-state index in [-0.39, 0.29) is 34.7 Å². The number of carbonyl (C=O) groups is 1. The Morgan fingerprint density at radius 1 is 1.14 bits per heavy atom. The number of carbonyl (C=O) groups excluding carboxylic acids is 1. The van der Waals surface area contributed by atoms with Crippen LogP contribution < -0.4 is 5.32 Å². The van der Waals surface area contributed by atoms with Crippen molar-refractivity contribution in [2.24, 2.45) is 0 Å². The van der Waals surface area contributed by atoms with E-state index in [9.17, 15) is 18.0 Å². The summed E-state index contributed by atoms with van der Waals surface area (Å²) >= 11 is 1.27. The minimum Gasteiger partial charge on any atom is -0.338 e. The number of nitrogens with zero attached hydrogens (tertiary/aromatic N) is 2. The molecule has 5 nitrogen and oxygen atoms in total. The maximum atomic E-state index is 12.8. The molecule has 1 heterocycles. The van der Waals surface area contributed by atoms with Crippen LogP contribution in [0.3, 0.4) is 0 Å². The van der Waals surface area contributed by atoms with Gasteiger partial charge >= 0.3 is 6.18 Å². The molecule has 0 spiro atoms. The second-order valence-electron chi connectivity index (χ2n) is 6.40. The van der Waals surface area contributed by atoms with Crippen molar-refractivity contribution in [3.8, 4) is 11.4 Å². The number of rotatable bonds is 6. The Hall–Kier alpha value is -2.81. The van der Waals surface area contributed by atoms with Gasteiger partial charge in [0.2, 0.25) is 17.6 Å². The molecular weight excluding hydrogens is 403 g/mol. The zero-order chi connectivity index (χ0) is 21.0. The fourth-order valence-electron chi connectivity index (χ4n) is 2.68. The quantitative estimate of drug-likeness (QED) is 0.589. The lowest BCUT2D eigenvalue weighted by Gasteiger charge is -2.10. The van der Waals surface area contributed by atoms with Crippen LogP contribution in [0.2, 0.25) is 0 Å². The molecule has 9 heteroatoms. The van der Waals surface area contributed by atoms with Gasteiger partial charge in [0.05, 0.1) is 17.1 Å². The minimum absolute atomic E-state index is 0.0756. The number of thioether (sulfide) groups is 1. The molecule has 1 N–H and O–H groups in total. The zero-order valence-corrected chi connectivity index (χ0v) is 16.5. The molecule has 0 atom stereocenters. The highest BCUT2D eigenvalue weighted by Gasteiger charge is 2.30. The van der Waals surface area contributed by atoms with E-state index in [4.69, 9.17) is 4.52 Å². The Morgan fingerprint density at radius 3 is 2.52 bits per heavy atom. The van der Waals surface area contributed by atoms with Gasteiger partial charge in [0.15, 0.2) is 0 Å². The van der Waals surface area contributed by atoms with Crippen LogP contribution >= 0.6 is 11.8 Å². The Morgan fingerprint density at radius 2 is 1.83 bits per heavy atom. The Kier molecular flexibility index (Phi) is 6.26. The van der Waals surface area contributed by atoms with Crippen molar-refractivity contribution in [3.05, 3.63) is 65.0 Å². The normalized spacial score (nSPS) is 11.5. The number of para-hydroxylation sites is 1. The predicted octanol–water partition coefficient (Wildman–Crippen LogP) is 5.24. The first-order chi connectivity index (χ1) is 13.7. The molecule has 1 aromatic heterocycles. The first-order valence-electron chi connectivity index (χ1n) is 8.68. The van der Waals surface area contributed by atoms with Gasteiger partial charge in [0.25, 0.3) is 0 Å². The maximum absolute atomic E-state index is 12.8. The SMILES string of the molecule is Cc1cccc(C)c1NC(=O)CSCc1nc(-c2cccc(C(F)(F)F)c2)no1. The number of halogens is 3. The second-order valence-corrected chi connectivity index (χ2v) is 7.38. The van der Waals surface area contributed by atoms with Gasteiger partial charge in [0.1, 0.15) is 0 Å². The zero-order valence-electron chi connectivity index (χ0n) is 15.7. The third-order valence-electron chi connectivity index (χ3n) is 4.12. The molecule has 0 radical (unpaired) electrons. The van der Waals surface area contributed by atoms with Gasteiger partial charge in [-0.2, -0.15) is 18.2 Å². The summed E-state index contributed by atoms with van der Waals surface area (Å²) in [4.78, 5) is 16.3. The lowest BCUT2D eigenvalue weighted by molar-refractivity contribution is -0.137. The Bertz CT molecular complexity index is 998. The molecule has 0 aliphatic heterocycles. The molecule has 3 rings (SSSR count).